The van der Waals surface area contributed by atoms with Crippen molar-refractivity contribution < 1.29 is 14.3 Å². The highest BCUT2D eigenvalue weighted by atomic mass is 35.5. The first-order valence-corrected chi connectivity index (χ1v) is 7.93. The number of anilines is 1. The molecule has 4 nitrogen and oxygen atoms in total. The molecule has 0 aliphatic rings. The van der Waals surface area contributed by atoms with Gasteiger partial charge in [0.15, 0.2) is 6.61 Å². The maximum absolute atomic E-state index is 11.8. The molecule has 1 N–H and O–H groups in total. The summed E-state index contributed by atoms with van der Waals surface area (Å²) in [6.45, 7) is -0.450. The first-order valence-electron chi connectivity index (χ1n) is 6.80. The maximum atomic E-state index is 11.8. The quantitative estimate of drug-likeness (QED) is 0.592. The Balaban J connectivity index is 1.86. The molecule has 124 valence electrons. The third-order valence-corrected chi connectivity index (χ3v) is 3.76. The highest BCUT2D eigenvalue weighted by molar-refractivity contribution is 6.35. The molecule has 0 saturated carbocycles. The van der Waals surface area contributed by atoms with E-state index in [1.165, 1.54) is 18.2 Å². The SMILES string of the molecule is O=C(COC(=O)/C=C/c1ccccc1Cl)Nc1cc(Cl)ccc1Cl. The normalized spacial score (nSPS) is 10.6. The second-order valence-corrected chi connectivity index (χ2v) is 5.89. The minimum Gasteiger partial charge on any atom is -0.452 e. The molecular weight excluding hydrogens is 373 g/mol. The highest BCUT2D eigenvalue weighted by Crippen LogP contribution is 2.25. The zero-order chi connectivity index (χ0) is 17.5. The molecule has 0 atom stereocenters. The van der Waals surface area contributed by atoms with E-state index in [4.69, 9.17) is 39.5 Å². The fourth-order valence-corrected chi connectivity index (χ4v) is 2.27. The van der Waals surface area contributed by atoms with Crippen LogP contribution in [0.15, 0.2) is 48.5 Å². The highest BCUT2D eigenvalue weighted by Gasteiger charge is 2.09. The number of nitrogens with one attached hydrogen (secondary N) is 1. The zero-order valence-corrected chi connectivity index (χ0v) is 14.5. The van der Waals surface area contributed by atoms with E-state index in [1.54, 1.807) is 36.4 Å². The molecule has 0 heterocycles. The van der Waals surface area contributed by atoms with Crippen molar-refractivity contribution >= 4 is 58.4 Å². The van der Waals surface area contributed by atoms with Gasteiger partial charge in [0, 0.05) is 16.1 Å². The zero-order valence-electron chi connectivity index (χ0n) is 12.3. The second-order valence-electron chi connectivity index (χ2n) is 4.63. The van der Waals surface area contributed by atoms with Crippen molar-refractivity contribution in [2.75, 3.05) is 11.9 Å². The fraction of sp³-hybridized carbons (Fsp3) is 0.0588. The lowest BCUT2D eigenvalue weighted by molar-refractivity contribution is -0.142. The van der Waals surface area contributed by atoms with Gasteiger partial charge in [0.2, 0.25) is 0 Å². The van der Waals surface area contributed by atoms with Gasteiger partial charge in [0.25, 0.3) is 5.91 Å². The number of esters is 1. The predicted molar refractivity (Wildman–Crippen MR) is 96.5 cm³/mol. The van der Waals surface area contributed by atoms with E-state index >= 15 is 0 Å². The van der Waals surface area contributed by atoms with Gasteiger partial charge < -0.3 is 10.1 Å². The molecule has 2 rings (SSSR count). The van der Waals surface area contributed by atoms with E-state index in [0.29, 0.717) is 26.3 Å². The van der Waals surface area contributed by atoms with Gasteiger partial charge in [-0.2, -0.15) is 0 Å². The molecule has 0 aromatic heterocycles. The van der Waals surface area contributed by atoms with Crippen LogP contribution in [0.1, 0.15) is 5.56 Å². The third-order valence-electron chi connectivity index (χ3n) is 2.85. The van der Waals surface area contributed by atoms with Crippen molar-refractivity contribution in [3.63, 3.8) is 0 Å². The van der Waals surface area contributed by atoms with E-state index < -0.39 is 18.5 Å². The minimum absolute atomic E-state index is 0.331. The second kappa shape index (κ2) is 8.73. The first kappa shape index (κ1) is 18.3. The van der Waals surface area contributed by atoms with Crippen LogP contribution >= 0.6 is 34.8 Å². The molecule has 0 unspecified atom stereocenters. The number of benzene rings is 2. The Morgan fingerprint density at radius 1 is 1.04 bits per heavy atom. The summed E-state index contributed by atoms with van der Waals surface area (Å²) in [5.41, 5.74) is 1.02. The molecule has 0 spiro atoms. The van der Waals surface area contributed by atoms with E-state index in [1.807, 2.05) is 0 Å². The summed E-state index contributed by atoms with van der Waals surface area (Å²) < 4.78 is 4.85. The Morgan fingerprint density at radius 3 is 2.54 bits per heavy atom. The van der Waals surface area contributed by atoms with Gasteiger partial charge in [0.05, 0.1) is 10.7 Å². The Morgan fingerprint density at radius 2 is 1.79 bits per heavy atom. The summed E-state index contributed by atoms with van der Waals surface area (Å²) in [7, 11) is 0. The Hall–Kier alpha value is -2.01. The lowest BCUT2D eigenvalue weighted by atomic mass is 10.2. The molecule has 24 heavy (non-hydrogen) atoms. The number of hydrogen-bond acceptors (Lipinski definition) is 3. The van der Waals surface area contributed by atoms with E-state index in [-0.39, 0.29) is 0 Å². The van der Waals surface area contributed by atoms with Gasteiger partial charge in [-0.1, -0.05) is 53.0 Å². The average Bonchev–Trinajstić information content (AvgIpc) is 2.55. The van der Waals surface area contributed by atoms with Crippen LogP contribution in [0.4, 0.5) is 5.69 Å². The number of ether oxygens (including phenoxy) is 1. The number of carbonyl (C=O) groups is 2. The van der Waals surface area contributed by atoms with Gasteiger partial charge in [-0.15, -0.1) is 0 Å². The topological polar surface area (TPSA) is 55.4 Å². The van der Waals surface area contributed by atoms with E-state index in [0.717, 1.165) is 0 Å². The van der Waals surface area contributed by atoms with Crippen LogP contribution in [0.2, 0.25) is 15.1 Å². The summed E-state index contributed by atoms with van der Waals surface area (Å²) in [6, 6.07) is 11.7. The Bertz CT molecular complexity index is 790. The summed E-state index contributed by atoms with van der Waals surface area (Å²) >= 11 is 17.7. The van der Waals surface area contributed by atoms with Crippen LogP contribution < -0.4 is 5.32 Å². The number of hydrogen-bond donors (Lipinski definition) is 1. The first-order chi connectivity index (χ1) is 11.5. The van der Waals surface area contributed by atoms with Crippen LogP contribution in [0.3, 0.4) is 0 Å². The minimum atomic E-state index is -0.665. The number of amides is 1. The molecule has 2 aromatic rings. The third kappa shape index (κ3) is 5.57. The standard InChI is InChI=1S/C17H12Cl3NO3/c18-12-6-7-14(20)15(9-12)21-16(22)10-24-17(23)8-5-11-3-1-2-4-13(11)19/h1-9H,10H2,(H,21,22)/b8-5+. The lowest BCUT2D eigenvalue weighted by Gasteiger charge is -2.07. The fourth-order valence-electron chi connectivity index (χ4n) is 1.73. The molecule has 1 amide bonds. The summed E-state index contributed by atoms with van der Waals surface area (Å²) in [4.78, 5) is 23.4. The van der Waals surface area contributed by atoms with Crippen LogP contribution in [-0.2, 0) is 14.3 Å². The Kier molecular flexibility index (Phi) is 6.67. The van der Waals surface area contributed by atoms with E-state index in [9.17, 15) is 9.59 Å². The van der Waals surface area contributed by atoms with Gasteiger partial charge in [-0.05, 0) is 35.9 Å². The van der Waals surface area contributed by atoms with Gasteiger partial charge >= 0.3 is 5.97 Å². The Labute approximate surface area is 154 Å². The predicted octanol–water partition coefficient (Wildman–Crippen LogP) is 4.84. The summed E-state index contributed by atoms with van der Waals surface area (Å²) in [5, 5.41) is 3.78. The summed E-state index contributed by atoms with van der Waals surface area (Å²) in [5.74, 6) is -1.19. The molecule has 0 radical (unpaired) electrons. The smallest absolute Gasteiger partial charge is 0.331 e. The van der Waals surface area contributed by atoms with E-state index in [2.05, 4.69) is 5.32 Å². The van der Waals surface area contributed by atoms with Gasteiger partial charge in [-0.3, -0.25) is 4.79 Å². The van der Waals surface area contributed by atoms with Crippen molar-refractivity contribution in [2.45, 2.75) is 0 Å². The van der Waals surface area contributed by atoms with Crippen LogP contribution in [0, 0.1) is 0 Å². The average molecular weight is 385 g/mol. The summed E-state index contributed by atoms with van der Waals surface area (Å²) in [6.07, 6.45) is 2.71. The van der Waals surface area contributed by atoms with Crippen molar-refractivity contribution in [1.82, 2.24) is 0 Å². The van der Waals surface area contributed by atoms with Crippen molar-refractivity contribution in [3.05, 3.63) is 69.2 Å². The van der Waals surface area contributed by atoms with Crippen LogP contribution in [0.5, 0.6) is 0 Å². The monoisotopic (exact) mass is 383 g/mol. The molecule has 0 saturated heterocycles. The van der Waals surface area contributed by atoms with Crippen LogP contribution in [0.25, 0.3) is 6.08 Å². The molecule has 0 aliphatic heterocycles. The van der Waals surface area contributed by atoms with Crippen LogP contribution in [-0.4, -0.2) is 18.5 Å². The van der Waals surface area contributed by atoms with Crippen molar-refractivity contribution in [2.24, 2.45) is 0 Å². The van der Waals surface area contributed by atoms with Gasteiger partial charge in [0.1, 0.15) is 0 Å². The molecular formula is C17H12Cl3NO3. The largest absolute Gasteiger partial charge is 0.452 e. The molecule has 0 aliphatic carbocycles. The number of rotatable bonds is 5. The molecule has 7 heteroatoms. The molecule has 0 bridgehead atoms. The number of halogens is 3. The molecule has 2 aromatic carbocycles. The van der Waals surface area contributed by atoms with Crippen molar-refractivity contribution in [3.8, 4) is 0 Å². The lowest BCUT2D eigenvalue weighted by Crippen LogP contribution is -2.20. The number of carbonyl (C=O) groups excluding carboxylic acids is 2. The van der Waals surface area contributed by atoms with Gasteiger partial charge in [-0.25, -0.2) is 4.79 Å². The maximum Gasteiger partial charge on any atom is 0.331 e. The van der Waals surface area contributed by atoms with Crippen molar-refractivity contribution in [1.29, 1.82) is 0 Å². The molecule has 0 fully saturated rings.